The van der Waals surface area contributed by atoms with Crippen molar-refractivity contribution in [3.8, 4) is 0 Å². The molecule has 1 atom stereocenters. The van der Waals surface area contributed by atoms with Crippen LogP contribution in [0.3, 0.4) is 0 Å². The Morgan fingerprint density at radius 2 is 1.80 bits per heavy atom. The van der Waals surface area contributed by atoms with Crippen LogP contribution in [0.1, 0.15) is 79.1 Å². The molecule has 0 aromatic carbocycles. The molecule has 20 heavy (non-hydrogen) atoms. The zero-order valence-corrected chi connectivity index (χ0v) is 14.5. The summed E-state index contributed by atoms with van der Waals surface area (Å²) in [6, 6.07) is 0.692. The number of rotatable bonds is 9. The van der Waals surface area contributed by atoms with Crippen molar-refractivity contribution in [1.29, 1.82) is 0 Å². The highest BCUT2D eigenvalue weighted by Gasteiger charge is 2.28. The Morgan fingerprint density at radius 3 is 2.30 bits per heavy atom. The zero-order chi connectivity index (χ0) is 15.0. The van der Waals surface area contributed by atoms with Crippen LogP contribution in [0.5, 0.6) is 0 Å². The van der Waals surface area contributed by atoms with E-state index in [2.05, 4.69) is 33.0 Å². The van der Waals surface area contributed by atoms with Crippen molar-refractivity contribution in [1.82, 2.24) is 5.32 Å². The van der Waals surface area contributed by atoms with Crippen molar-refractivity contribution in [3.63, 3.8) is 0 Å². The predicted molar refractivity (Wildman–Crippen MR) is 88.1 cm³/mol. The van der Waals surface area contributed by atoms with Crippen LogP contribution in [0.2, 0.25) is 0 Å². The molecule has 0 heterocycles. The highest BCUT2D eigenvalue weighted by atomic mass is 16.5. The Labute approximate surface area is 127 Å². The maximum absolute atomic E-state index is 5.57. The molecule has 1 rings (SSSR count). The largest absolute Gasteiger partial charge is 0.379 e. The Hall–Kier alpha value is -0.0800. The van der Waals surface area contributed by atoms with E-state index in [1.165, 1.54) is 44.9 Å². The van der Waals surface area contributed by atoms with Crippen molar-refractivity contribution < 1.29 is 4.74 Å². The lowest BCUT2D eigenvalue weighted by Crippen LogP contribution is -2.39. The number of methoxy groups -OCH3 is 1. The van der Waals surface area contributed by atoms with Crippen molar-refractivity contribution in [2.75, 3.05) is 13.7 Å². The van der Waals surface area contributed by atoms with Crippen LogP contribution in [-0.2, 0) is 4.74 Å². The van der Waals surface area contributed by atoms with Gasteiger partial charge < -0.3 is 10.1 Å². The van der Waals surface area contributed by atoms with Gasteiger partial charge in [-0.25, -0.2) is 0 Å². The Kier molecular flexibility index (Phi) is 8.13. The molecule has 1 fully saturated rings. The fourth-order valence-corrected chi connectivity index (χ4v) is 3.66. The first-order chi connectivity index (χ1) is 9.52. The molecule has 0 aliphatic heterocycles. The summed E-state index contributed by atoms with van der Waals surface area (Å²) < 4.78 is 5.57. The molecule has 0 aromatic rings. The topological polar surface area (TPSA) is 21.3 Å². The first kappa shape index (κ1) is 18.0. The number of hydrogen-bond donors (Lipinski definition) is 1. The summed E-state index contributed by atoms with van der Waals surface area (Å²) in [5, 5.41) is 3.74. The second kappa shape index (κ2) is 9.04. The molecule has 1 N–H and O–H groups in total. The Balaban J connectivity index is 2.42. The molecule has 0 aromatic heterocycles. The van der Waals surface area contributed by atoms with Crippen LogP contribution in [0.25, 0.3) is 0 Å². The van der Waals surface area contributed by atoms with Gasteiger partial charge in [-0.05, 0) is 57.9 Å². The van der Waals surface area contributed by atoms with E-state index in [4.69, 9.17) is 4.74 Å². The molecule has 1 aliphatic carbocycles. The van der Waals surface area contributed by atoms with E-state index in [0.717, 1.165) is 24.8 Å². The molecule has 0 amide bonds. The summed E-state index contributed by atoms with van der Waals surface area (Å²) >= 11 is 0. The van der Waals surface area contributed by atoms with Crippen molar-refractivity contribution in [2.24, 2.45) is 11.8 Å². The van der Waals surface area contributed by atoms with Gasteiger partial charge in [0, 0.05) is 13.2 Å². The van der Waals surface area contributed by atoms with Crippen LogP contribution in [0.4, 0.5) is 0 Å². The molecule has 2 nitrogen and oxygen atoms in total. The third-order valence-corrected chi connectivity index (χ3v) is 5.23. The fourth-order valence-electron chi connectivity index (χ4n) is 3.66. The van der Waals surface area contributed by atoms with E-state index in [0.29, 0.717) is 6.04 Å². The molecular weight excluding hydrogens is 246 g/mol. The van der Waals surface area contributed by atoms with Gasteiger partial charge >= 0.3 is 0 Å². The summed E-state index contributed by atoms with van der Waals surface area (Å²) in [6.45, 7) is 10.0. The van der Waals surface area contributed by atoms with Crippen molar-refractivity contribution >= 4 is 0 Å². The van der Waals surface area contributed by atoms with Crippen LogP contribution in [-0.4, -0.2) is 25.3 Å². The first-order valence-corrected chi connectivity index (χ1v) is 8.81. The lowest BCUT2D eigenvalue weighted by Gasteiger charge is -2.36. The quantitative estimate of drug-likeness (QED) is 0.658. The van der Waals surface area contributed by atoms with Crippen LogP contribution in [0.15, 0.2) is 0 Å². The second-order valence-electron chi connectivity index (χ2n) is 7.24. The van der Waals surface area contributed by atoms with Gasteiger partial charge in [-0.2, -0.15) is 0 Å². The van der Waals surface area contributed by atoms with Gasteiger partial charge in [-0.3, -0.25) is 0 Å². The van der Waals surface area contributed by atoms with Gasteiger partial charge in [-0.1, -0.05) is 39.5 Å². The van der Waals surface area contributed by atoms with E-state index in [-0.39, 0.29) is 5.60 Å². The number of hydrogen-bond acceptors (Lipinski definition) is 2. The van der Waals surface area contributed by atoms with Crippen LogP contribution >= 0.6 is 0 Å². The third-order valence-electron chi connectivity index (χ3n) is 5.23. The molecule has 0 radical (unpaired) electrons. The summed E-state index contributed by atoms with van der Waals surface area (Å²) in [7, 11) is 1.83. The van der Waals surface area contributed by atoms with Gasteiger partial charge in [-0.15, -0.1) is 0 Å². The molecular formula is C18H37NO. The van der Waals surface area contributed by atoms with Gasteiger partial charge in [0.1, 0.15) is 0 Å². The molecule has 1 saturated carbocycles. The van der Waals surface area contributed by atoms with E-state index >= 15 is 0 Å². The van der Waals surface area contributed by atoms with Crippen LogP contribution in [0, 0.1) is 11.8 Å². The van der Waals surface area contributed by atoms with E-state index < -0.39 is 0 Å². The van der Waals surface area contributed by atoms with Crippen molar-refractivity contribution in [3.05, 3.63) is 0 Å². The fraction of sp³-hybridized carbons (Fsp3) is 1.00. The monoisotopic (exact) mass is 283 g/mol. The molecule has 1 aliphatic rings. The van der Waals surface area contributed by atoms with Gasteiger partial charge in [0.25, 0.3) is 0 Å². The highest BCUT2D eigenvalue weighted by molar-refractivity contribution is 4.83. The smallest absolute Gasteiger partial charge is 0.0623 e. The van der Waals surface area contributed by atoms with Crippen LogP contribution < -0.4 is 5.32 Å². The minimum atomic E-state index is 0.0209. The van der Waals surface area contributed by atoms with Crippen molar-refractivity contribution in [2.45, 2.75) is 90.7 Å². The average Bonchev–Trinajstić information content (AvgIpc) is 2.45. The lowest BCUT2D eigenvalue weighted by molar-refractivity contribution is 0.00927. The summed E-state index contributed by atoms with van der Waals surface area (Å²) in [6.07, 6.45) is 10.9. The normalized spacial score (nSPS) is 25.6. The maximum Gasteiger partial charge on any atom is 0.0623 e. The van der Waals surface area contributed by atoms with E-state index in [1.807, 2.05) is 7.11 Å². The average molecular weight is 284 g/mol. The maximum atomic E-state index is 5.57. The Bertz CT molecular complexity index is 244. The lowest BCUT2D eigenvalue weighted by atomic mass is 9.75. The first-order valence-electron chi connectivity index (χ1n) is 8.81. The van der Waals surface area contributed by atoms with Gasteiger partial charge in [0.15, 0.2) is 0 Å². The number of nitrogens with one attached hydrogen (secondary N) is 1. The molecule has 0 spiro atoms. The molecule has 1 unspecified atom stereocenters. The standard InChI is InChI=1S/C18H37NO/c1-6-8-15-9-11-16(12-10-15)17(19-7-2)13-14-18(3,4)20-5/h15-17,19H,6-14H2,1-5H3. The zero-order valence-electron chi connectivity index (χ0n) is 14.5. The Morgan fingerprint density at radius 1 is 1.15 bits per heavy atom. The number of ether oxygens (including phenoxy) is 1. The molecule has 120 valence electrons. The molecule has 0 bridgehead atoms. The summed E-state index contributed by atoms with van der Waals surface area (Å²) in [5.74, 6) is 1.89. The minimum absolute atomic E-state index is 0.0209. The third kappa shape index (κ3) is 6.13. The second-order valence-corrected chi connectivity index (χ2v) is 7.24. The molecule has 2 heteroatoms. The minimum Gasteiger partial charge on any atom is -0.379 e. The summed E-state index contributed by atoms with van der Waals surface area (Å²) in [5.41, 5.74) is 0.0209. The van der Waals surface area contributed by atoms with Gasteiger partial charge in [0.05, 0.1) is 5.60 Å². The SMILES string of the molecule is CCCC1CCC(C(CCC(C)(C)OC)NCC)CC1. The highest BCUT2D eigenvalue weighted by Crippen LogP contribution is 2.35. The molecule has 0 saturated heterocycles. The predicted octanol–water partition coefficient (Wildman–Crippen LogP) is 4.78. The summed E-state index contributed by atoms with van der Waals surface area (Å²) in [4.78, 5) is 0. The van der Waals surface area contributed by atoms with E-state index in [9.17, 15) is 0 Å². The van der Waals surface area contributed by atoms with E-state index in [1.54, 1.807) is 0 Å². The van der Waals surface area contributed by atoms with Gasteiger partial charge in [0.2, 0.25) is 0 Å².